The van der Waals surface area contributed by atoms with Crippen LogP contribution in [-0.2, 0) is 14.3 Å². The van der Waals surface area contributed by atoms with E-state index in [4.69, 9.17) is 10.5 Å². The van der Waals surface area contributed by atoms with Gasteiger partial charge in [0.2, 0.25) is 11.8 Å². The second kappa shape index (κ2) is 6.44. The van der Waals surface area contributed by atoms with Crippen molar-refractivity contribution in [2.75, 3.05) is 32.8 Å². The van der Waals surface area contributed by atoms with E-state index in [9.17, 15) is 9.59 Å². The van der Waals surface area contributed by atoms with Crippen LogP contribution in [0.15, 0.2) is 0 Å². The lowest BCUT2D eigenvalue weighted by Gasteiger charge is -2.27. The first kappa shape index (κ1) is 12.9. The number of morpholine rings is 1. The van der Waals surface area contributed by atoms with Crippen LogP contribution >= 0.6 is 0 Å². The van der Waals surface area contributed by atoms with E-state index in [-0.39, 0.29) is 5.91 Å². The van der Waals surface area contributed by atoms with Gasteiger partial charge < -0.3 is 20.7 Å². The van der Waals surface area contributed by atoms with Crippen LogP contribution in [0, 0.1) is 0 Å². The van der Waals surface area contributed by atoms with Crippen LogP contribution in [0.3, 0.4) is 0 Å². The highest BCUT2D eigenvalue weighted by molar-refractivity contribution is 5.79. The van der Waals surface area contributed by atoms with Crippen molar-refractivity contribution < 1.29 is 14.3 Å². The van der Waals surface area contributed by atoms with Gasteiger partial charge in [-0.3, -0.25) is 9.59 Å². The molecule has 1 fully saturated rings. The Balaban J connectivity index is 2.16. The number of nitrogens with two attached hydrogens (primary N) is 1. The molecule has 1 saturated heterocycles. The zero-order chi connectivity index (χ0) is 12.0. The van der Waals surface area contributed by atoms with Crippen LogP contribution in [0.5, 0.6) is 0 Å². The predicted molar refractivity (Wildman–Crippen MR) is 58.7 cm³/mol. The fourth-order valence-electron chi connectivity index (χ4n) is 1.47. The molecule has 92 valence electrons. The van der Waals surface area contributed by atoms with E-state index in [1.165, 1.54) is 0 Å². The van der Waals surface area contributed by atoms with E-state index in [1.54, 1.807) is 11.8 Å². The van der Waals surface area contributed by atoms with Gasteiger partial charge in [-0.05, 0) is 6.92 Å². The van der Waals surface area contributed by atoms with Gasteiger partial charge in [-0.2, -0.15) is 0 Å². The fraction of sp³-hybridized carbons (Fsp3) is 0.800. The second-order valence-corrected chi connectivity index (χ2v) is 3.82. The minimum Gasteiger partial charge on any atom is -0.378 e. The maximum atomic E-state index is 11.7. The molecule has 3 N–H and O–H groups in total. The van der Waals surface area contributed by atoms with Gasteiger partial charge in [0, 0.05) is 26.1 Å². The summed E-state index contributed by atoms with van der Waals surface area (Å²) < 4.78 is 5.15. The molecule has 1 rings (SSSR count). The number of nitrogens with zero attached hydrogens (tertiary/aromatic N) is 1. The van der Waals surface area contributed by atoms with Crippen LogP contribution in [-0.4, -0.2) is 55.6 Å². The Hall–Kier alpha value is -1.14. The molecular formula is C10H19N3O3. The van der Waals surface area contributed by atoms with Crippen molar-refractivity contribution in [1.29, 1.82) is 0 Å². The average Bonchev–Trinajstić information content (AvgIpc) is 2.29. The Labute approximate surface area is 95.1 Å². The van der Waals surface area contributed by atoms with Gasteiger partial charge >= 0.3 is 0 Å². The van der Waals surface area contributed by atoms with E-state index in [2.05, 4.69) is 5.32 Å². The highest BCUT2D eigenvalue weighted by atomic mass is 16.5. The second-order valence-electron chi connectivity index (χ2n) is 3.82. The number of amides is 2. The Morgan fingerprint density at radius 1 is 1.44 bits per heavy atom. The highest BCUT2D eigenvalue weighted by Crippen LogP contribution is 1.99. The minimum absolute atomic E-state index is 0.0903. The van der Waals surface area contributed by atoms with Crippen LogP contribution in [0.2, 0.25) is 0 Å². The molecule has 1 unspecified atom stereocenters. The molecule has 16 heavy (non-hydrogen) atoms. The first-order chi connectivity index (χ1) is 7.61. The molecule has 6 nitrogen and oxygen atoms in total. The van der Waals surface area contributed by atoms with E-state index >= 15 is 0 Å². The Bertz CT molecular complexity index is 252. The largest absolute Gasteiger partial charge is 0.378 e. The molecule has 2 amide bonds. The number of carbonyl (C=O) groups excluding carboxylic acids is 2. The summed E-state index contributed by atoms with van der Waals surface area (Å²) in [7, 11) is 0. The van der Waals surface area contributed by atoms with Crippen LogP contribution in [0.25, 0.3) is 0 Å². The van der Waals surface area contributed by atoms with Crippen LogP contribution in [0.4, 0.5) is 0 Å². The Morgan fingerprint density at radius 3 is 2.62 bits per heavy atom. The Kier molecular flexibility index (Phi) is 5.21. The van der Waals surface area contributed by atoms with Gasteiger partial charge in [-0.25, -0.2) is 0 Å². The van der Waals surface area contributed by atoms with E-state index in [0.717, 1.165) is 0 Å². The summed E-state index contributed by atoms with van der Waals surface area (Å²) >= 11 is 0. The van der Waals surface area contributed by atoms with Crippen LogP contribution in [0.1, 0.15) is 13.3 Å². The smallest absolute Gasteiger partial charge is 0.234 e. The first-order valence-corrected chi connectivity index (χ1v) is 5.49. The number of hydrogen-bond donors (Lipinski definition) is 2. The molecule has 0 spiro atoms. The normalized spacial score (nSPS) is 18.2. The number of carbonyl (C=O) groups is 2. The molecule has 0 radical (unpaired) electrons. The maximum absolute atomic E-state index is 11.7. The summed E-state index contributed by atoms with van der Waals surface area (Å²) in [5.41, 5.74) is 5.08. The van der Waals surface area contributed by atoms with Gasteiger partial charge in [0.1, 0.15) is 0 Å². The molecule has 0 aromatic carbocycles. The highest BCUT2D eigenvalue weighted by Gasteiger charge is 2.16. The summed E-state index contributed by atoms with van der Waals surface area (Å²) in [4.78, 5) is 24.2. The maximum Gasteiger partial charge on any atom is 0.234 e. The third-order valence-electron chi connectivity index (χ3n) is 2.58. The topological polar surface area (TPSA) is 84.7 Å². The minimum atomic E-state index is -0.404. The van der Waals surface area contributed by atoms with Crippen molar-refractivity contribution in [1.82, 2.24) is 10.2 Å². The average molecular weight is 229 g/mol. The van der Waals surface area contributed by atoms with E-state index in [0.29, 0.717) is 39.3 Å². The zero-order valence-electron chi connectivity index (χ0n) is 9.57. The van der Waals surface area contributed by atoms with Crippen molar-refractivity contribution in [3.05, 3.63) is 0 Å². The van der Waals surface area contributed by atoms with Gasteiger partial charge in [-0.1, -0.05) is 0 Å². The molecule has 0 aromatic heterocycles. The summed E-state index contributed by atoms with van der Waals surface area (Å²) in [6.45, 7) is 4.68. The standard InChI is InChI=1S/C10H19N3O3/c1-8(10(11)15)12-3-2-9(14)13-4-6-16-7-5-13/h8,12H,2-7H2,1H3,(H2,11,15). The molecule has 0 bridgehead atoms. The lowest BCUT2D eigenvalue weighted by atomic mass is 10.3. The molecule has 0 saturated carbocycles. The van der Waals surface area contributed by atoms with Crippen molar-refractivity contribution in [2.45, 2.75) is 19.4 Å². The molecule has 1 atom stereocenters. The van der Waals surface area contributed by atoms with Gasteiger partial charge in [0.05, 0.1) is 19.3 Å². The lowest BCUT2D eigenvalue weighted by molar-refractivity contribution is -0.135. The van der Waals surface area contributed by atoms with Crippen molar-refractivity contribution in [3.8, 4) is 0 Å². The number of nitrogens with one attached hydrogen (secondary N) is 1. The number of primary amides is 1. The summed E-state index contributed by atoms with van der Waals surface area (Å²) in [5, 5.41) is 2.90. The van der Waals surface area contributed by atoms with Gasteiger partial charge in [-0.15, -0.1) is 0 Å². The molecule has 6 heteroatoms. The van der Waals surface area contributed by atoms with Gasteiger partial charge in [0.15, 0.2) is 0 Å². The molecule has 1 aliphatic rings. The summed E-state index contributed by atoms with van der Waals surface area (Å²) in [6, 6.07) is -0.391. The van der Waals surface area contributed by atoms with Crippen molar-refractivity contribution >= 4 is 11.8 Å². The molecule has 0 aromatic rings. The molecular weight excluding hydrogens is 210 g/mol. The van der Waals surface area contributed by atoms with Gasteiger partial charge in [0.25, 0.3) is 0 Å². The predicted octanol–water partition coefficient (Wildman–Crippen LogP) is -1.30. The Morgan fingerprint density at radius 2 is 2.06 bits per heavy atom. The first-order valence-electron chi connectivity index (χ1n) is 5.49. The van der Waals surface area contributed by atoms with Crippen molar-refractivity contribution in [2.24, 2.45) is 5.73 Å². The summed E-state index contributed by atoms with van der Waals surface area (Å²) in [6.07, 6.45) is 0.387. The van der Waals surface area contributed by atoms with E-state index < -0.39 is 11.9 Å². The number of rotatable bonds is 5. The SMILES string of the molecule is CC(NCCC(=O)N1CCOCC1)C(N)=O. The van der Waals surface area contributed by atoms with E-state index in [1.807, 2.05) is 0 Å². The third kappa shape index (κ3) is 4.16. The molecule has 0 aliphatic carbocycles. The third-order valence-corrected chi connectivity index (χ3v) is 2.58. The quantitative estimate of drug-likeness (QED) is 0.613. The fourth-order valence-corrected chi connectivity index (χ4v) is 1.47. The summed E-state index contributed by atoms with van der Waals surface area (Å²) in [5.74, 6) is -0.314. The molecule has 1 heterocycles. The monoisotopic (exact) mass is 229 g/mol. The lowest BCUT2D eigenvalue weighted by Crippen LogP contribution is -2.43. The number of hydrogen-bond acceptors (Lipinski definition) is 4. The molecule has 1 aliphatic heterocycles. The zero-order valence-corrected chi connectivity index (χ0v) is 9.57. The number of ether oxygens (including phenoxy) is 1. The van der Waals surface area contributed by atoms with Crippen molar-refractivity contribution in [3.63, 3.8) is 0 Å². The van der Waals surface area contributed by atoms with Crippen LogP contribution < -0.4 is 11.1 Å².